The molecule has 0 aliphatic carbocycles. The Morgan fingerprint density at radius 1 is 1.53 bits per heavy atom. The minimum Gasteiger partial charge on any atom is -0.462 e. The molecule has 5 nitrogen and oxygen atoms in total. The molecule has 0 unspecified atom stereocenters. The zero-order valence-electron chi connectivity index (χ0n) is 10.4. The van der Waals surface area contributed by atoms with E-state index < -0.39 is 11.8 Å². The predicted molar refractivity (Wildman–Crippen MR) is 69.7 cm³/mol. The molecule has 0 radical (unpaired) electrons. The molecule has 0 saturated heterocycles. The molecule has 0 fully saturated rings. The second kappa shape index (κ2) is 5.48. The average Bonchev–Trinajstić information content (AvgIpc) is 2.75. The fourth-order valence-electron chi connectivity index (χ4n) is 1.58. The maximum atomic E-state index is 13.1. The van der Waals surface area contributed by atoms with Crippen molar-refractivity contribution in [3.05, 3.63) is 40.0 Å². The van der Waals surface area contributed by atoms with Crippen molar-refractivity contribution in [3.63, 3.8) is 0 Å². The second-order valence-corrected chi connectivity index (χ2v) is 4.47. The van der Waals surface area contributed by atoms with Crippen molar-refractivity contribution in [3.8, 4) is 5.82 Å². The first-order valence-electron chi connectivity index (χ1n) is 5.58. The molecule has 0 spiro atoms. The van der Waals surface area contributed by atoms with Crippen LogP contribution in [0.4, 0.5) is 4.39 Å². The van der Waals surface area contributed by atoms with E-state index in [1.165, 1.54) is 23.0 Å². The average molecular weight is 328 g/mol. The van der Waals surface area contributed by atoms with Crippen LogP contribution >= 0.6 is 15.9 Å². The Morgan fingerprint density at radius 3 is 2.89 bits per heavy atom. The smallest absolute Gasteiger partial charge is 0.341 e. The first kappa shape index (κ1) is 13.7. The van der Waals surface area contributed by atoms with Gasteiger partial charge in [-0.25, -0.2) is 18.9 Å². The van der Waals surface area contributed by atoms with Crippen molar-refractivity contribution in [1.82, 2.24) is 14.8 Å². The summed E-state index contributed by atoms with van der Waals surface area (Å²) < 4.78 is 19.6. The van der Waals surface area contributed by atoms with E-state index in [9.17, 15) is 9.18 Å². The van der Waals surface area contributed by atoms with Crippen LogP contribution in [0.1, 0.15) is 23.0 Å². The van der Waals surface area contributed by atoms with Gasteiger partial charge >= 0.3 is 5.97 Å². The fourth-order valence-corrected chi connectivity index (χ4v) is 1.89. The van der Waals surface area contributed by atoms with Crippen molar-refractivity contribution < 1.29 is 13.9 Å². The summed E-state index contributed by atoms with van der Waals surface area (Å²) in [6, 6.07) is 2.76. The Morgan fingerprint density at radius 2 is 2.26 bits per heavy atom. The third-order valence-corrected chi connectivity index (χ3v) is 3.07. The van der Waals surface area contributed by atoms with E-state index in [-0.39, 0.29) is 4.60 Å². The number of ether oxygens (including phenoxy) is 1. The number of halogens is 2. The molecule has 19 heavy (non-hydrogen) atoms. The van der Waals surface area contributed by atoms with Gasteiger partial charge in [-0.15, -0.1) is 0 Å². The van der Waals surface area contributed by atoms with Gasteiger partial charge in [0.1, 0.15) is 10.2 Å². The Hall–Kier alpha value is -1.76. The molecule has 0 amide bonds. The third-order valence-electron chi connectivity index (χ3n) is 2.51. The number of esters is 1. The van der Waals surface area contributed by atoms with Gasteiger partial charge in [-0.2, -0.15) is 5.10 Å². The lowest BCUT2D eigenvalue weighted by Gasteiger charge is -2.05. The highest BCUT2D eigenvalue weighted by atomic mass is 79.9. The van der Waals surface area contributed by atoms with Crippen LogP contribution in [-0.2, 0) is 4.74 Å². The molecule has 2 aromatic heterocycles. The SMILES string of the molecule is CCOC(=O)c1cnn(-c2ccc(F)c(Br)n2)c1C. The van der Waals surface area contributed by atoms with Gasteiger partial charge in [-0.05, 0) is 41.9 Å². The summed E-state index contributed by atoms with van der Waals surface area (Å²) in [6.07, 6.45) is 1.41. The molecule has 0 N–H and O–H groups in total. The molecule has 0 saturated carbocycles. The van der Waals surface area contributed by atoms with Crippen molar-refractivity contribution >= 4 is 21.9 Å². The van der Waals surface area contributed by atoms with Gasteiger partial charge in [0.2, 0.25) is 0 Å². The van der Waals surface area contributed by atoms with Gasteiger partial charge in [-0.3, -0.25) is 0 Å². The van der Waals surface area contributed by atoms with Crippen molar-refractivity contribution in [2.75, 3.05) is 6.61 Å². The second-order valence-electron chi connectivity index (χ2n) is 3.72. The Balaban J connectivity index is 2.41. The highest BCUT2D eigenvalue weighted by molar-refractivity contribution is 9.10. The highest BCUT2D eigenvalue weighted by Crippen LogP contribution is 2.17. The molecule has 0 aromatic carbocycles. The summed E-state index contributed by atoms with van der Waals surface area (Å²) in [5.41, 5.74) is 0.952. The standard InChI is InChI=1S/C12H11BrFN3O2/c1-3-19-12(18)8-6-15-17(7(8)2)10-5-4-9(14)11(13)16-10/h4-6H,3H2,1-2H3. The van der Waals surface area contributed by atoms with Crippen LogP contribution in [0, 0.1) is 12.7 Å². The lowest BCUT2D eigenvalue weighted by Crippen LogP contribution is -2.07. The maximum Gasteiger partial charge on any atom is 0.341 e. The van der Waals surface area contributed by atoms with E-state index in [0.717, 1.165) is 0 Å². The van der Waals surface area contributed by atoms with Gasteiger partial charge in [0.15, 0.2) is 11.6 Å². The Bertz CT molecular complexity index is 627. The topological polar surface area (TPSA) is 57.0 Å². The minimum absolute atomic E-state index is 0.0950. The predicted octanol–water partition coefficient (Wildman–Crippen LogP) is 2.65. The molecular weight excluding hydrogens is 317 g/mol. The van der Waals surface area contributed by atoms with E-state index in [2.05, 4.69) is 26.0 Å². The number of rotatable bonds is 3. The maximum absolute atomic E-state index is 13.1. The van der Waals surface area contributed by atoms with Gasteiger partial charge in [0.25, 0.3) is 0 Å². The molecule has 0 aliphatic rings. The van der Waals surface area contributed by atoms with Crippen LogP contribution in [0.3, 0.4) is 0 Å². The summed E-state index contributed by atoms with van der Waals surface area (Å²) in [7, 11) is 0. The van der Waals surface area contributed by atoms with Gasteiger partial charge in [-0.1, -0.05) is 0 Å². The number of pyridine rings is 1. The number of nitrogens with zero attached hydrogens (tertiary/aromatic N) is 3. The molecule has 2 aromatic rings. The molecule has 7 heteroatoms. The molecule has 0 bridgehead atoms. The third kappa shape index (κ3) is 2.65. The van der Waals surface area contributed by atoms with E-state index in [1.807, 2.05) is 0 Å². The zero-order chi connectivity index (χ0) is 14.0. The number of hydrogen-bond donors (Lipinski definition) is 0. The lowest BCUT2D eigenvalue weighted by atomic mass is 10.2. The van der Waals surface area contributed by atoms with Crippen molar-refractivity contribution in [2.24, 2.45) is 0 Å². The summed E-state index contributed by atoms with van der Waals surface area (Å²) in [4.78, 5) is 15.7. The first-order valence-corrected chi connectivity index (χ1v) is 6.38. The summed E-state index contributed by atoms with van der Waals surface area (Å²) >= 11 is 3.01. The monoisotopic (exact) mass is 327 g/mol. The number of aromatic nitrogens is 3. The lowest BCUT2D eigenvalue weighted by molar-refractivity contribution is 0.0525. The van der Waals surface area contributed by atoms with Crippen LogP contribution in [0.15, 0.2) is 22.9 Å². The van der Waals surface area contributed by atoms with Crippen LogP contribution in [0.5, 0.6) is 0 Å². The number of carbonyl (C=O) groups is 1. The molecule has 2 rings (SSSR count). The van der Waals surface area contributed by atoms with Crippen LogP contribution in [0.25, 0.3) is 5.82 Å². The molecular formula is C12H11BrFN3O2. The molecule has 100 valence electrons. The zero-order valence-corrected chi connectivity index (χ0v) is 11.9. The summed E-state index contributed by atoms with van der Waals surface area (Å²) in [5.74, 6) is -0.479. The molecule has 0 atom stereocenters. The number of carbonyl (C=O) groups excluding carboxylic acids is 1. The van der Waals surface area contributed by atoms with E-state index in [4.69, 9.17) is 4.74 Å². The molecule has 0 aliphatic heterocycles. The minimum atomic E-state index is -0.459. The Labute approximate surface area is 117 Å². The van der Waals surface area contributed by atoms with Crippen molar-refractivity contribution in [2.45, 2.75) is 13.8 Å². The largest absolute Gasteiger partial charge is 0.462 e. The fraction of sp³-hybridized carbons (Fsp3) is 0.250. The normalized spacial score (nSPS) is 10.5. The summed E-state index contributed by atoms with van der Waals surface area (Å²) in [5, 5.41) is 4.07. The van der Waals surface area contributed by atoms with Crippen molar-refractivity contribution in [1.29, 1.82) is 0 Å². The van der Waals surface area contributed by atoms with Crippen LogP contribution < -0.4 is 0 Å². The van der Waals surface area contributed by atoms with Gasteiger partial charge in [0.05, 0.1) is 18.5 Å². The highest BCUT2D eigenvalue weighted by Gasteiger charge is 2.17. The van der Waals surface area contributed by atoms with E-state index in [0.29, 0.717) is 23.7 Å². The molecule has 2 heterocycles. The van der Waals surface area contributed by atoms with Gasteiger partial charge in [0, 0.05) is 0 Å². The number of hydrogen-bond acceptors (Lipinski definition) is 4. The van der Waals surface area contributed by atoms with E-state index in [1.54, 1.807) is 13.8 Å². The van der Waals surface area contributed by atoms with E-state index >= 15 is 0 Å². The summed E-state index contributed by atoms with van der Waals surface area (Å²) in [6.45, 7) is 3.75. The van der Waals surface area contributed by atoms with Gasteiger partial charge < -0.3 is 4.74 Å². The first-order chi connectivity index (χ1) is 9.04. The van der Waals surface area contributed by atoms with Crippen LogP contribution in [0.2, 0.25) is 0 Å². The Kier molecular flexibility index (Phi) is 3.94. The quantitative estimate of drug-likeness (QED) is 0.642. The van der Waals surface area contributed by atoms with Crippen LogP contribution in [-0.4, -0.2) is 27.3 Å².